The molecule has 0 saturated carbocycles. The van der Waals surface area contributed by atoms with Crippen molar-refractivity contribution in [1.82, 2.24) is 20.1 Å². The van der Waals surface area contributed by atoms with Gasteiger partial charge in [0.1, 0.15) is 18.0 Å². The number of hydrogen-bond donors (Lipinski definition) is 1. The fraction of sp³-hybridized carbons (Fsp3) is 0.333. The molecule has 4 nitrogen and oxygen atoms in total. The van der Waals surface area contributed by atoms with Crippen LogP contribution in [0.2, 0.25) is 0 Å². The molecule has 1 N–H and O–H groups in total. The minimum Gasteiger partial charge on any atom is -0.310 e. The van der Waals surface area contributed by atoms with Crippen molar-refractivity contribution >= 4 is 15.9 Å². The maximum atomic E-state index is 13.7. The van der Waals surface area contributed by atoms with E-state index in [0.29, 0.717) is 18.7 Å². The smallest absolute Gasteiger partial charge is 0.141 e. The molecule has 0 fully saturated rings. The molecule has 96 valence electrons. The lowest BCUT2D eigenvalue weighted by Gasteiger charge is -2.07. The summed E-state index contributed by atoms with van der Waals surface area (Å²) in [6.07, 6.45) is 1.49. The van der Waals surface area contributed by atoms with Crippen LogP contribution < -0.4 is 5.32 Å². The van der Waals surface area contributed by atoms with Gasteiger partial charge in [0.05, 0.1) is 13.1 Å². The zero-order chi connectivity index (χ0) is 13.0. The van der Waals surface area contributed by atoms with Crippen LogP contribution in [0.15, 0.2) is 29.0 Å². The van der Waals surface area contributed by atoms with E-state index < -0.39 is 0 Å². The van der Waals surface area contributed by atoms with E-state index >= 15 is 0 Å². The molecule has 0 unspecified atom stereocenters. The van der Waals surface area contributed by atoms with Gasteiger partial charge < -0.3 is 5.32 Å². The molecule has 2 aromatic rings. The summed E-state index contributed by atoms with van der Waals surface area (Å²) in [6.45, 7) is 3.91. The van der Waals surface area contributed by atoms with Crippen molar-refractivity contribution in [2.24, 2.45) is 0 Å². The zero-order valence-corrected chi connectivity index (χ0v) is 11.6. The Kier molecular flexibility index (Phi) is 4.43. The van der Waals surface area contributed by atoms with Gasteiger partial charge in [-0.2, -0.15) is 5.10 Å². The normalized spacial score (nSPS) is 10.8. The van der Waals surface area contributed by atoms with E-state index in [2.05, 4.69) is 31.3 Å². The van der Waals surface area contributed by atoms with Gasteiger partial charge in [0.25, 0.3) is 0 Å². The molecule has 0 saturated heterocycles. The number of halogens is 2. The highest BCUT2D eigenvalue weighted by Crippen LogP contribution is 2.16. The molecular formula is C12H14BrFN4. The molecule has 18 heavy (non-hydrogen) atoms. The summed E-state index contributed by atoms with van der Waals surface area (Å²) in [5.41, 5.74) is 0.599. The van der Waals surface area contributed by atoms with Crippen LogP contribution in [-0.2, 0) is 13.1 Å². The van der Waals surface area contributed by atoms with E-state index in [1.807, 2.05) is 13.0 Å². The minimum atomic E-state index is -0.241. The van der Waals surface area contributed by atoms with Gasteiger partial charge in [0, 0.05) is 10.0 Å². The van der Waals surface area contributed by atoms with Gasteiger partial charge in [-0.05, 0) is 18.7 Å². The summed E-state index contributed by atoms with van der Waals surface area (Å²) in [5.74, 6) is 0.563. The van der Waals surface area contributed by atoms with Gasteiger partial charge in [0.15, 0.2) is 0 Å². The van der Waals surface area contributed by atoms with Crippen LogP contribution in [0.1, 0.15) is 18.3 Å². The lowest BCUT2D eigenvalue weighted by Crippen LogP contribution is -2.17. The topological polar surface area (TPSA) is 42.7 Å². The summed E-state index contributed by atoms with van der Waals surface area (Å²) in [7, 11) is 0. The number of aromatic nitrogens is 3. The number of hydrogen-bond acceptors (Lipinski definition) is 3. The summed E-state index contributed by atoms with van der Waals surface area (Å²) in [5, 5.41) is 7.29. The Bertz CT molecular complexity index is 527. The summed E-state index contributed by atoms with van der Waals surface area (Å²) in [6, 6.07) is 5.02. The average Bonchev–Trinajstić information content (AvgIpc) is 2.77. The van der Waals surface area contributed by atoms with Crippen molar-refractivity contribution in [3.05, 3.63) is 46.2 Å². The lowest BCUT2D eigenvalue weighted by atomic mass is 10.2. The largest absolute Gasteiger partial charge is 0.310 e. The van der Waals surface area contributed by atoms with Gasteiger partial charge in [0.2, 0.25) is 0 Å². The first kappa shape index (κ1) is 13.2. The highest BCUT2D eigenvalue weighted by molar-refractivity contribution is 9.10. The summed E-state index contributed by atoms with van der Waals surface area (Å²) in [4.78, 5) is 4.15. The molecule has 0 radical (unpaired) electrons. The molecule has 1 aromatic heterocycles. The Morgan fingerprint density at radius 3 is 3.00 bits per heavy atom. The van der Waals surface area contributed by atoms with Crippen LogP contribution in [-0.4, -0.2) is 21.3 Å². The number of rotatable bonds is 5. The second-order valence-electron chi connectivity index (χ2n) is 3.85. The van der Waals surface area contributed by atoms with E-state index in [1.54, 1.807) is 10.7 Å². The zero-order valence-electron chi connectivity index (χ0n) is 10.0. The molecule has 0 spiro atoms. The maximum Gasteiger partial charge on any atom is 0.141 e. The minimum absolute atomic E-state index is 0.241. The molecule has 2 rings (SSSR count). The number of nitrogens with zero attached hydrogens (tertiary/aromatic N) is 3. The van der Waals surface area contributed by atoms with Gasteiger partial charge >= 0.3 is 0 Å². The Balaban J connectivity index is 2.15. The van der Waals surface area contributed by atoms with E-state index in [0.717, 1.165) is 16.8 Å². The third kappa shape index (κ3) is 3.14. The highest BCUT2D eigenvalue weighted by atomic mass is 79.9. The Hall–Kier alpha value is -1.27. The van der Waals surface area contributed by atoms with Crippen LogP contribution in [0.25, 0.3) is 0 Å². The first-order chi connectivity index (χ1) is 8.70. The molecule has 0 aliphatic heterocycles. The Morgan fingerprint density at radius 1 is 1.44 bits per heavy atom. The number of nitrogens with one attached hydrogen (secondary N) is 1. The average molecular weight is 313 g/mol. The SMILES string of the molecule is CCNCc1ncnn1Cc1ccc(Br)cc1F. The third-order valence-corrected chi connectivity index (χ3v) is 3.06. The first-order valence-electron chi connectivity index (χ1n) is 5.72. The second-order valence-corrected chi connectivity index (χ2v) is 4.77. The predicted molar refractivity (Wildman–Crippen MR) is 70.6 cm³/mol. The maximum absolute atomic E-state index is 13.7. The summed E-state index contributed by atoms with van der Waals surface area (Å²) >= 11 is 3.24. The van der Waals surface area contributed by atoms with E-state index in [-0.39, 0.29) is 5.82 Å². The molecular weight excluding hydrogens is 299 g/mol. The number of benzene rings is 1. The van der Waals surface area contributed by atoms with Crippen molar-refractivity contribution in [3.63, 3.8) is 0 Å². The third-order valence-electron chi connectivity index (χ3n) is 2.56. The molecule has 0 bridgehead atoms. The van der Waals surface area contributed by atoms with Crippen molar-refractivity contribution in [2.45, 2.75) is 20.0 Å². The van der Waals surface area contributed by atoms with E-state index in [9.17, 15) is 4.39 Å². The van der Waals surface area contributed by atoms with Crippen LogP contribution in [0.3, 0.4) is 0 Å². The first-order valence-corrected chi connectivity index (χ1v) is 6.51. The van der Waals surface area contributed by atoms with Crippen molar-refractivity contribution < 1.29 is 4.39 Å². The molecule has 1 aromatic carbocycles. The standard InChI is InChI=1S/C12H14BrFN4/c1-2-15-6-12-16-8-17-18(12)7-9-3-4-10(13)5-11(9)14/h3-5,8,15H,2,6-7H2,1H3. The molecule has 0 atom stereocenters. The van der Waals surface area contributed by atoms with Crippen molar-refractivity contribution in [1.29, 1.82) is 0 Å². The Morgan fingerprint density at radius 2 is 2.28 bits per heavy atom. The van der Waals surface area contributed by atoms with Gasteiger partial charge in [-0.25, -0.2) is 14.1 Å². The molecule has 0 aliphatic rings. The van der Waals surface area contributed by atoms with Gasteiger partial charge in [-0.15, -0.1) is 0 Å². The van der Waals surface area contributed by atoms with Crippen LogP contribution in [0.4, 0.5) is 4.39 Å². The van der Waals surface area contributed by atoms with Crippen LogP contribution in [0, 0.1) is 5.82 Å². The Labute approximate surface area is 113 Å². The fourth-order valence-corrected chi connectivity index (χ4v) is 1.94. The van der Waals surface area contributed by atoms with Crippen molar-refractivity contribution in [2.75, 3.05) is 6.54 Å². The lowest BCUT2D eigenvalue weighted by molar-refractivity contribution is 0.559. The molecule has 6 heteroatoms. The van der Waals surface area contributed by atoms with E-state index in [4.69, 9.17) is 0 Å². The molecule has 1 heterocycles. The van der Waals surface area contributed by atoms with Gasteiger partial charge in [-0.1, -0.05) is 28.9 Å². The molecule has 0 amide bonds. The summed E-state index contributed by atoms with van der Waals surface area (Å²) < 4.78 is 16.2. The highest BCUT2D eigenvalue weighted by Gasteiger charge is 2.08. The predicted octanol–water partition coefficient (Wildman–Crippen LogP) is 2.34. The quantitative estimate of drug-likeness (QED) is 0.921. The monoisotopic (exact) mass is 312 g/mol. The van der Waals surface area contributed by atoms with Crippen molar-refractivity contribution in [3.8, 4) is 0 Å². The van der Waals surface area contributed by atoms with Crippen LogP contribution in [0.5, 0.6) is 0 Å². The fourth-order valence-electron chi connectivity index (χ4n) is 1.61. The van der Waals surface area contributed by atoms with Gasteiger partial charge in [-0.3, -0.25) is 0 Å². The van der Waals surface area contributed by atoms with Crippen LogP contribution >= 0.6 is 15.9 Å². The van der Waals surface area contributed by atoms with E-state index in [1.165, 1.54) is 12.4 Å². The second kappa shape index (κ2) is 6.06. The molecule has 0 aliphatic carbocycles.